The highest BCUT2D eigenvalue weighted by atomic mass is 19.1. The Hall–Kier alpha value is -2.88. The van der Waals surface area contributed by atoms with Gasteiger partial charge >= 0.3 is 0 Å². The molecule has 0 spiro atoms. The third-order valence-corrected chi connectivity index (χ3v) is 3.27. The van der Waals surface area contributed by atoms with Crippen LogP contribution in [-0.2, 0) is 0 Å². The predicted octanol–water partition coefficient (Wildman–Crippen LogP) is 4.40. The van der Waals surface area contributed by atoms with Crippen molar-refractivity contribution < 1.29 is 18.7 Å². The molecule has 23 heavy (non-hydrogen) atoms. The molecule has 0 bridgehead atoms. The van der Waals surface area contributed by atoms with E-state index in [-0.39, 0.29) is 17.4 Å². The summed E-state index contributed by atoms with van der Waals surface area (Å²) in [7, 11) is 0. The van der Waals surface area contributed by atoms with Crippen LogP contribution in [0.25, 0.3) is 6.08 Å². The van der Waals surface area contributed by atoms with Crippen molar-refractivity contribution in [1.82, 2.24) is 0 Å². The highest BCUT2D eigenvalue weighted by Gasteiger charge is 2.27. The molecule has 1 aliphatic heterocycles. The number of hydrogen-bond donors (Lipinski definition) is 0. The second-order valence-electron chi connectivity index (χ2n) is 5.40. The van der Waals surface area contributed by atoms with Gasteiger partial charge in [0.2, 0.25) is 5.78 Å². The van der Waals surface area contributed by atoms with E-state index in [4.69, 9.17) is 9.47 Å². The van der Waals surface area contributed by atoms with Crippen molar-refractivity contribution in [2.45, 2.75) is 6.92 Å². The maximum absolute atomic E-state index is 13.2. The van der Waals surface area contributed by atoms with E-state index in [0.29, 0.717) is 29.2 Å². The third kappa shape index (κ3) is 3.31. The average molecular weight is 310 g/mol. The van der Waals surface area contributed by atoms with E-state index in [2.05, 4.69) is 6.58 Å². The van der Waals surface area contributed by atoms with Crippen molar-refractivity contribution in [1.29, 1.82) is 0 Å². The molecular formula is C19H15FO3. The zero-order valence-electron chi connectivity index (χ0n) is 12.6. The van der Waals surface area contributed by atoms with E-state index in [1.165, 1.54) is 18.2 Å². The minimum Gasteiger partial charge on any atom is -0.489 e. The lowest BCUT2D eigenvalue weighted by Crippen LogP contribution is -1.98. The molecule has 0 unspecified atom stereocenters. The molecule has 0 saturated carbocycles. The van der Waals surface area contributed by atoms with E-state index in [1.807, 2.05) is 6.92 Å². The second-order valence-corrected chi connectivity index (χ2v) is 5.40. The maximum Gasteiger partial charge on any atom is 0.231 e. The van der Waals surface area contributed by atoms with Gasteiger partial charge in [0.25, 0.3) is 0 Å². The number of allylic oxidation sites excluding steroid dienone is 1. The van der Waals surface area contributed by atoms with Crippen LogP contribution in [0.15, 0.2) is 60.4 Å². The molecule has 0 fully saturated rings. The normalized spacial score (nSPS) is 14.5. The van der Waals surface area contributed by atoms with Crippen LogP contribution in [-0.4, -0.2) is 12.4 Å². The van der Waals surface area contributed by atoms with Crippen LogP contribution in [0.4, 0.5) is 4.39 Å². The standard InChI is InChI=1S/C19H15FO3/c1-12(2)11-22-15-6-7-16-17(10-15)23-18(19(16)21)9-13-4-3-5-14(20)8-13/h3-10H,1,11H2,2H3/b18-9+. The molecular weight excluding hydrogens is 295 g/mol. The summed E-state index contributed by atoms with van der Waals surface area (Å²) in [4.78, 5) is 12.3. The van der Waals surface area contributed by atoms with Gasteiger partial charge in [0.1, 0.15) is 23.9 Å². The fourth-order valence-electron chi connectivity index (χ4n) is 2.21. The van der Waals surface area contributed by atoms with Crippen molar-refractivity contribution in [3.8, 4) is 11.5 Å². The second kappa shape index (κ2) is 6.08. The molecule has 2 aromatic rings. The number of Topliss-reactive ketones (excluding diaryl/α,β-unsaturated/α-hetero) is 1. The summed E-state index contributed by atoms with van der Waals surface area (Å²) in [6.07, 6.45) is 1.53. The van der Waals surface area contributed by atoms with Crippen molar-refractivity contribution in [3.63, 3.8) is 0 Å². The summed E-state index contributed by atoms with van der Waals surface area (Å²) in [5.74, 6) is 0.625. The third-order valence-electron chi connectivity index (χ3n) is 3.27. The molecule has 0 saturated heterocycles. The molecule has 0 aliphatic carbocycles. The number of ether oxygens (including phenoxy) is 2. The van der Waals surface area contributed by atoms with Crippen molar-refractivity contribution in [2.75, 3.05) is 6.61 Å². The SMILES string of the molecule is C=C(C)COc1ccc2c(c1)O/C(=C/c1cccc(F)c1)C2=O. The number of ketones is 1. The first-order chi connectivity index (χ1) is 11.0. The lowest BCUT2D eigenvalue weighted by molar-refractivity contribution is 0.101. The molecule has 0 radical (unpaired) electrons. The molecule has 1 aliphatic rings. The number of benzene rings is 2. The van der Waals surface area contributed by atoms with Gasteiger partial charge in [0.15, 0.2) is 5.76 Å². The van der Waals surface area contributed by atoms with E-state index in [1.54, 1.807) is 30.3 Å². The summed E-state index contributed by atoms with van der Waals surface area (Å²) in [5, 5.41) is 0. The minimum absolute atomic E-state index is 0.169. The van der Waals surface area contributed by atoms with Gasteiger partial charge in [-0.15, -0.1) is 0 Å². The predicted molar refractivity (Wildman–Crippen MR) is 86.1 cm³/mol. The van der Waals surface area contributed by atoms with Crippen molar-refractivity contribution >= 4 is 11.9 Å². The molecule has 1 heterocycles. The Bertz CT molecular complexity index is 821. The van der Waals surface area contributed by atoms with Gasteiger partial charge in [0, 0.05) is 6.07 Å². The lowest BCUT2D eigenvalue weighted by atomic mass is 10.1. The van der Waals surface area contributed by atoms with Crippen LogP contribution in [0.3, 0.4) is 0 Å². The van der Waals surface area contributed by atoms with Crippen molar-refractivity contribution in [3.05, 3.63) is 77.3 Å². The smallest absolute Gasteiger partial charge is 0.231 e. The molecule has 0 aromatic heterocycles. The van der Waals surface area contributed by atoms with Gasteiger partial charge in [-0.2, -0.15) is 0 Å². The Balaban J connectivity index is 1.85. The van der Waals surface area contributed by atoms with Gasteiger partial charge in [0.05, 0.1) is 5.56 Å². The van der Waals surface area contributed by atoms with E-state index >= 15 is 0 Å². The summed E-state index contributed by atoms with van der Waals surface area (Å²) < 4.78 is 24.4. The largest absolute Gasteiger partial charge is 0.489 e. The van der Waals surface area contributed by atoms with E-state index in [9.17, 15) is 9.18 Å². The van der Waals surface area contributed by atoms with Gasteiger partial charge < -0.3 is 9.47 Å². The Morgan fingerprint density at radius 2 is 2.13 bits per heavy atom. The quantitative estimate of drug-likeness (QED) is 0.620. The first-order valence-corrected chi connectivity index (χ1v) is 7.14. The summed E-state index contributed by atoms with van der Waals surface area (Å²) in [5.41, 5.74) is 1.93. The Morgan fingerprint density at radius 3 is 2.87 bits per heavy atom. The number of carbonyl (C=O) groups is 1. The van der Waals surface area contributed by atoms with Crippen LogP contribution in [0.2, 0.25) is 0 Å². The number of rotatable bonds is 4. The molecule has 0 amide bonds. The zero-order valence-corrected chi connectivity index (χ0v) is 12.6. The maximum atomic E-state index is 13.2. The Morgan fingerprint density at radius 1 is 1.30 bits per heavy atom. The highest BCUT2D eigenvalue weighted by molar-refractivity contribution is 6.14. The molecule has 116 valence electrons. The summed E-state index contributed by atoms with van der Waals surface area (Å²) in [6.45, 7) is 6.04. The van der Waals surface area contributed by atoms with Crippen LogP contribution in [0.5, 0.6) is 11.5 Å². The first-order valence-electron chi connectivity index (χ1n) is 7.14. The molecule has 2 aromatic carbocycles. The monoisotopic (exact) mass is 310 g/mol. The highest BCUT2D eigenvalue weighted by Crippen LogP contribution is 2.35. The van der Waals surface area contributed by atoms with Crippen LogP contribution in [0, 0.1) is 5.82 Å². The van der Waals surface area contributed by atoms with Crippen LogP contribution in [0.1, 0.15) is 22.8 Å². The number of fused-ring (bicyclic) bond motifs is 1. The Kier molecular flexibility index (Phi) is 3.98. The molecule has 0 atom stereocenters. The molecule has 4 heteroatoms. The van der Waals surface area contributed by atoms with Crippen LogP contribution >= 0.6 is 0 Å². The Labute approximate surface area is 133 Å². The minimum atomic E-state index is -0.363. The first kappa shape index (κ1) is 15.0. The summed E-state index contributed by atoms with van der Waals surface area (Å²) in [6, 6.07) is 11.0. The fourth-order valence-corrected chi connectivity index (χ4v) is 2.21. The average Bonchev–Trinajstić information content (AvgIpc) is 2.81. The summed E-state index contributed by atoms with van der Waals surface area (Å²) >= 11 is 0. The van der Waals surface area contributed by atoms with Crippen molar-refractivity contribution in [2.24, 2.45) is 0 Å². The molecule has 3 rings (SSSR count). The van der Waals surface area contributed by atoms with Gasteiger partial charge in [-0.1, -0.05) is 18.7 Å². The fraction of sp³-hybridized carbons (Fsp3) is 0.105. The zero-order chi connectivity index (χ0) is 16.4. The van der Waals surface area contributed by atoms with Gasteiger partial charge in [-0.3, -0.25) is 4.79 Å². The lowest BCUT2D eigenvalue weighted by Gasteiger charge is -2.06. The van der Waals surface area contributed by atoms with Gasteiger partial charge in [-0.05, 0) is 48.4 Å². The number of carbonyl (C=O) groups excluding carboxylic acids is 1. The van der Waals surface area contributed by atoms with Crippen LogP contribution < -0.4 is 9.47 Å². The molecule has 0 N–H and O–H groups in total. The van der Waals surface area contributed by atoms with Gasteiger partial charge in [-0.25, -0.2) is 4.39 Å². The number of hydrogen-bond acceptors (Lipinski definition) is 3. The number of halogens is 1. The topological polar surface area (TPSA) is 35.5 Å². The molecule has 3 nitrogen and oxygen atoms in total. The van der Waals surface area contributed by atoms with E-state index in [0.717, 1.165) is 5.57 Å². The van der Waals surface area contributed by atoms with E-state index < -0.39 is 0 Å².